The van der Waals surface area contributed by atoms with Gasteiger partial charge in [0.2, 0.25) is 0 Å². The summed E-state index contributed by atoms with van der Waals surface area (Å²) >= 11 is 0. The van der Waals surface area contributed by atoms with Gasteiger partial charge in [0.25, 0.3) is 0 Å². The third kappa shape index (κ3) is 2.10. The molecule has 4 bridgehead atoms. The van der Waals surface area contributed by atoms with Gasteiger partial charge in [-0.2, -0.15) is 0 Å². The summed E-state index contributed by atoms with van der Waals surface area (Å²) in [5, 5.41) is 0. The molecule has 5 fully saturated rings. The molecule has 0 heterocycles. The molecular formula is C24H40. The zero-order chi connectivity index (χ0) is 16.4. The molecule has 0 amide bonds. The maximum Gasteiger partial charge on any atom is -0.0204 e. The number of rotatable bonds is 1. The SMILES string of the molecule is CC1CCC2(C)CC(C3CCCC3)(CC1)C13CCCCCC2C1C3. The summed E-state index contributed by atoms with van der Waals surface area (Å²) in [5.74, 6) is 4.33. The van der Waals surface area contributed by atoms with Gasteiger partial charge in [0.15, 0.2) is 0 Å². The summed E-state index contributed by atoms with van der Waals surface area (Å²) in [6, 6.07) is 0. The highest BCUT2D eigenvalue weighted by Gasteiger charge is 2.74. The number of fused-ring (bicyclic) bond motifs is 3. The molecule has 0 radical (unpaired) electrons. The topological polar surface area (TPSA) is 0 Å². The summed E-state index contributed by atoms with van der Waals surface area (Å²) in [6.07, 6.45) is 23.6. The van der Waals surface area contributed by atoms with Crippen molar-refractivity contribution >= 4 is 0 Å². The molecule has 5 aliphatic carbocycles. The van der Waals surface area contributed by atoms with Crippen LogP contribution in [0.3, 0.4) is 0 Å². The van der Waals surface area contributed by atoms with Gasteiger partial charge in [-0.25, -0.2) is 0 Å². The molecular weight excluding hydrogens is 288 g/mol. The molecule has 0 aromatic rings. The van der Waals surface area contributed by atoms with Crippen LogP contribution in [0.1, 0.15) is 110 Å². The third-order valence-corrected chi connectivity index (χ3v) is 10.3. The Balaban J connectivity index is 1.61. The van der Waals surface area contributed by atoms with Crippen LogP contribution in [0.2, 0.25) is 0 Å². The normalized spacial score (nSPS) is 55.0. The fourth-order valence-electron chi connectivity index (χ4n) is 9.08. The van der Waals surface area contributed by atoms with Crippen LogP contribution in [-0.4, -0.2) is 0 Å². The van der Waals surface area contributed by atoms with Crippen molar-refractivity contribution in [1.29, 1.82) is 0 Å². The molecule has 136 valence electrons. The van der Waals surface area contributed by atoms with E-state index in [2.05, 4.69) is 13.8 Å². The first-order chi connectivity index (χ1) is 11.6. The predicted molar refractivity (Wildman–Crippen MR) is 102 cm³/mol. The molecule has 0 aliphatic heterocycles. The zero-order valence-corrected chi connectivity index (χ0v) is 16.4. The molecule has 0 N–H and O–H groups in total. The van der Waals surface area contributed by atoms with Gasteiger partial charge in [-0.05, 0) is 91.3 Å². The molecule has 6 unspecified atom stereocenters. The summed E-state index contributed by atoms with van der Waals surface area (Å²) in [5.41, 5.74) is 2.29. The van der Waals surface area contributed by atoms with Crippen molar-refractivity contribution in [3.8, 4) is 0 Å². The average Bonchev–Trinajstić information content (AvgIpc) is 3.02. The number of hydrogen-bond acceptors (Lipinski definition) is 0. The lowest BCUT2D eigenvalue weighted by Gasteiger charge is -2.60. The standard InChI is InChI=1S/C24H40/c1-18-11-14-22(2)17-24(15-12-18,19-8-5-6-9-19)23-13-7-3-4-10-20(22)21(23)16-23/h18-21H,3-17H2,1-2H3. The maximum absolute atomic E-state index is 2.77. The second-order valence-electron chi connectivity index (χ2n) is 11.3. The molecule has 5 aliphatic rings. The number of hydrogen-bond donors (Lipinski definition) is 0. The first-order valence-corrected chi connectivity index (χ1v) is 11.6. The Morgan fingerprint density at radius 1 is 0.667 bits per heavy atom. The van der Waals surface area contributed by atoms with Gasteiger partial charge >= 0.3 is 0 Å². The molecule has 24 heavy (non-hydrogen) atoms. The van der Waals surface area contributed by atoms with Gasteiger partial charge in [-0.15, -0.1) is 0 Å². The minimum atomic E-state index is 0.694. The Bertz CT molecular complexity index is 488. The van der Waals surface area contributed by atoms with Crippen LogP contribution in [0.25, 0.3) is 0 Å². The van der Waals surface area contributed by atoms with Crippen molar-refractivity contribution in [1.82, 2.24) is 0 Å². The Labute approximate surface area is 150 Å². The lowest BCUT2D eigenvalue weighted by atomic mass is 9.44. The Kier molecular flexibility index (Phi) is 3.71. The average molecular weight is 329 g/mol. The maximum atomic E-state index is 2.77. The van der Waals surface area contributed by atoms with Crippen molar-refractivity contribution in [3.05, 3.63) is 0 Å². The van der Waals surface area contributed by atoms with Gasteiger partial charge in [-0.1, -0.05) is 58.8 Å². The fourth-order valence-corrected chi connectivity index (χ4v) is 9.08. The summed E-state index contributed by atoms with van der Waals surface area (Å²) in [7, 11) is 0. The minimum absolute atomic E-state index is 0.694. The molecule has 0 heteroatoms. The first kappa shape index (κ1) is 16.2. The fraction of sp³-hybridized carbons (Fsp3) is 1.00. The van der Waals surface area contributed by atoms with Gasteiger partial charge < -0.3 is 0 Å². The second-order valence-corrected chi connectivity index (χ2v) is 11.3. The molecule has 0 aromatic carbocycles. The van der Waals surface area contributed by atoms with E-state index in [0.29, 0.717) is 5.41 Å². The largest absolute Gasteiger partial charge is 0.0625 e. The van der Waals surface area contributed by atoms with Crippen molar-refractivity contribution in [2.45, 2.75) is 110 Å². The Morgan fingerprint density at radius 3 is 2.25 bits per heavy atom. The second kappa shape index (κ2) is 5.50. The highest BCUT2D eigenvalue weighted by molar-refractivity contribution is 5.23. The van der Waals surface area contributed by atoms with Crippen LogP contribution < -0.4 is 0 Å². The van der Waals surface area contributed by atoms with E-state index in [1.165, 1.54) is 12.8 Å². The highest BCUT2D eigenvalue weighted by Crippen LogP contribution is 2.82. The van der Waals surface area contributed by atoms with E-state index >= 15 is 0 Å². The van der Waals surface area contributed by atoms with Crippen molar-refractivity contribution < 1.29 is 0 Å². The van der Waals surface area contributed by atoms with Gasteiger partial charge in [-0.3, -0.25) is 0 Å². The van der Waals surface area contributed by atoms with E-state index < -0.39 is 0 Å². The Morgan fingerprint density at radius 2 is 1.42 bits per heavy atom. The smallest absolute Gasteiger partial charge is 0.0204 e. The monoisotopic (exact) mass is 328 g/mol. The van der Waals surface area contributed by atoms with Crippen LogP contribution in [0.15, 0.2) is 0 Å². The molecule has 0 aromatic heterocycles. The summed E-state index contributed by atoms with van der Waals surface area (Å²) in [6.45, 7) is 5.34. The van der Waals surface area contributed by atoms with Crippen LogP contribution in [0.4, 0.5) is 0 Å². The molecule has 0 nitrogen and oxygen atoms in total. The van der Waals surface area contributed by atoms with Crippen LogP contribution in [0.5, 0.6) is 0 Å². The lowest BCUT2D eigenvalue weighted by Crippen LogP contribution is -2.52. The summed E-state index contributed by atoms with van der Waals surface area (Å²) in [4.78, 5) is 0. The van der Waals surface area contributed by atoms with Gasteiger partial charge in [0, 0.05) is 0 Å². The quantitative estimate of drug-likeness (QED) is 0.471. The van der Waals surface area contributed by atoms with E-state index in [-0.39, 0.29) is 0 Å². The van der Waals surface area contributed by atoms with Crippen molar-refractivity contribution in [2.24, 2.45) is 39.9 Å². The third-order valence-electron chi connectivity index (χ3n) is 10.3. The molecule has 5 saturated carbocycles. The van der Waals surface area contributed by atoms with Crippen LogP contribution in [-0.2, 0) is 0 Å². The van der Waals surface area contributed by atoms with E-state index in [1.807, 2.05) is 0 Å². The highest BCUT2D eigenvalue weighted by atomic mass is 14.8. The van der Waals surface area contributed by atoms with E-state index in [4.69, 9.17) is 0 Å². The molecule has 6 atom stereocenters. The predicted octanol–water partition coefficient (Wildman–Crippen LogP) is 7.37. The van der Waals surface area contributed by atoms with Crippen LogP contribution >= 0.6 is 0 Å². The molecule has 5 rings (SSSR count). The van der Waals surface area contributed by atoms with Crippen molar-refractivity contribution in [3.63, 3.8) is 0 Å². The summed E-state index contributed by atoms with van der Waals surface area (Å²) < 4.78 is 0. The van der Waals surface area contributed by atoms with Gasteiger partial charge in [0.05, 0.1) is 0 Å². The molecule has 0 spiro atoms. The molecule has 0 saturated heterocycles. The van der Waals surface area contributed by atoms with E-state index in [1.54, 1.807) is 83.5 Å². The van der Waals surface area contributed by atoms with E-state index in [0.717, 1.165) is 34.5 Å². The zero-order valence-electron chi connectivity index (χ0n) is 16.4. The van der Waals surface area contributed by atoms with Crippen LogP contribution in [0, 0.1) is 39.9 Å². The van der Waals surface area contributed by atoms with E-state index in [9.17, 15) is 0 Å². The van der Waals surface area contributed by atoms with Gasteiger partial charge in [0.1, 0.15) is 0 Å². The lowest BCUT2D eigenvalue weighted by molar-refractivity contribution is -0.112. The Hall–Kier alpha value is 0. The van der Waals surface area contributed by atoms with Crippen molar-refractivity contribution in [2.75, 3.05) is 0 Å². The first-order valence-electron chi connectivity index (χ1n) is 11.6. The minimum Gasteiger partial charge on any atom is -0.0625 e.